The van der Waals surface area contributed by atoms with E-state index in [1.165, 1.54) is 0 Å². The molecular formula is C12H11ClN2. The molecule has 0 bridgehead atoms. The highest BCUT2D eigenvalue weighted by Crippen LogP contribution is 2.22. The largest absolute Gasteiger partial charge is 0.256 e. The van der Waals surface area contributed by atoms with Gasteiger partial charge in [-0.05, 0) is 37.1 Å². The zero-order chi connectivity index (χ0) is 10.8. The molecule has 0 aromatic carbocycles. The predicted molar refractivity (Wildman–Crippen MR) is 62.0 cm³/mol. The van der Waals surface area contributed by atoms with Gasteiger partial charge in [0.2, 0.25) is 0 Å². The van der Waals surface area contributed by atoms with Gasteiger partial charge in [0.25, 0.3) is 0 Å². The Labute approximate surface area is 94.0 Å². The Morgan fingerprint density at radius 1 is 1.13 bits per heavy atom. The highest BCUT2D eigenvalue weighted by molar-refractivity contribution is 6.29. The van der Waals surface area contributed by atoms with Crippen LogP contribution in [0.3, 0.4) is 0 Å². The van der Waals surface area contributed by atoms with Crippen LogP contribution in [0.1, 0.15) is 11.1 Å². The van der Waals surface area contributed by atoms with Crippen molar-refractivity contribution >= 4 is 11.6 Å². The van der Waals surface area contributed by atoms with Crippen LogP contribution in [0.15, 0.2) is 30.6 Å². The van der Waals surface area contributed by atoms with Gasteiger partial charge in [-0.15, -0.1) is 0 Å². The van der Waals surface area contributed by atoms with Crippen LogP contribution < -0.4 is 0 Å². The SMILES string of the molecule is Cc1cnc(-c2ccnc(Cl)c2)c(C)c1. The molecule has 2 aromatic rings. The summed E-state index contributed by atoms with van der Waals surface area (Å²) >= 11 is 5.84. The van der Waals surface area contributed by atoms with Crippen LogP contribution in [0.25, 0.3) is 11.3 Å². The number of aromatic nitrogens is 2. The Kier molecular flexibility index (Phi) is 2.69. The molecule has 0 saturated carbocycles. The molecule has 2 aromatic heterocycles. The van der Waals surface area contributed by atoms with E-state index < -0.39 is 0 Å². The minimum Gasteiger partial charge on any atom is -0.256 e. The quantitative estimate of drug-likeness (QED) is 0.686. The second-order valence-electron chi connectivity index (χ2n) is 3.55. The average Bonchev–Trinajstić information content (AvgIpc) is 2.17. The smallest absolute Gasteiger partial charge is 0.129 e. The Hall–Kier alpha value is -1.41. The molecule has 76 valence electrons. The van der Waals surface area contributed by atoms with E-state index in [0.29, 0.717) is 5.15 Å². The third-order valence-electron chi connectivity index (χ3n) is 2.21. The number of nitrogens with zero attached hydrogens (tertiary/aromatic N) is 2. The fourth-order valence-electron chi connectivity index (χ4n) is 1.57. The topological polar surface area (TPSA) is 25.8 Å². The third-order valence-corrected chi connectivity index (χ3v) is 2.42. The summed E-state index contributed by atoms with van der Waals surface area (Å²) in [5.74, 6) is 0. The lowest BCUT2D eigenvalue weighted by molar-refractivity contribution is 1.21. The van der Waals surface area contributed by atoms with Gasteiger partial charge in [0.05, 0.1) is 5.69 Å². The molecule has 2 rings (SSSR count). The first kappa shape index (κ1) is 10.1. The molecule has 0 unspecified atom stereocenters. The van der Waals surface area contributed by atoms with Gasteiger partial charge in [0, 0.05) is 18.0 Å². The van der Waals surface area contributed by atoms with E-state index >= 15 is 0 Å². The first-order valence-corrected chi connectivity index (χ1v) is 5.10. The monoisotopic (exact) mass is 218 g/mol. The van der Waals surface area contributed by atoms with Crippen molar-refractivity contribution in [3.8, 4) is 11.3 Å². The van der Waals surface area contributed by atoms with Gasteiger partial charge in [0.15, 0.2) is 0 Å². The summed E-state index contributed by atoms with van der Waals surface area (Å²) in [4.78, 5) is 8.35. The second-order valence-corrected chi connectivity index (χ2v) is 3.93. The summed E-state index contributed by atoms with van der Waals surface area (Å²) in [6, 6.07) is 5.85. The Morgan fingerprint density at radius 3 is 2.60 bits per heavy atom. The fraction of sp³-hybridized carbons (Fsp3) is 0.167. The van der Waals surface area contributed by atoms with Crippen molar-refractivity contribution < 1.29 is 0 Å². The predicted octanol–water partition coefficient (Wildman–Crippen LogP) is 3.41. The normalized spacial score (nSPS) is 10.3. The van der Waals surface area contributed by atoms with E-state index in [4.69, 9.17) is 11.6 Å². The molecule has 0 atom stereocenters. The van der Waals surface area contributed by atoms with Crippen LogP contribution in [0.4, 0.5) is 0 Å². The summed E-state index contributed by atoms with van der Waals surface area (Å²) in [6.45, 7) is 4.08. The molecule has 0 aliphatic carbocycles. The number of hydrogen-bond donors (Lipinski definition) is 0. The van der Waals surface area contributed by atoms with Gasteiger partial charge in [-0.2, -0.15) is 0 Å². The van der Waals surface area contributed by atoms with Gasteiger partial charge in [0.1, 0.15) is 5.15 Å². The lowest BCUT2D eigenvalue weighted by atomic mass is 10.1. The van der Waals surface area contributed by atoms with Crippen molar-refractivity contribution in [1.29, 1.82) is 0 Å². The van der Waals surface area contributed by atoms with Crippen molar-refractivity contribution in [1.82, 2.24) is 9.97 Å². The number of aryl methyl sites for hydroxylation is 2. The molecule has 0 N–H and O–H groups in total. The van der Waals surface area contributed by atoms with Gasteiger partial charge >= 0.3 is 0 Å². The molecule has 2 heterocycles. The maximum Gasteiger partial charge on any atom is 0.129 e. The lowest BCUT2D eigenvalue weighted by Crippen LogP contribution is -1.90. The highest BCUT2D eigenvalue weighted by atomic mass is 35.5. The minimum atomic E-state index is 0.495. The van der Waals surface area contributed by atoms with Crippen molar-refractivity contribution in [2.45, 2.75) is 13.8 Å². The first-order valence-electron chi connectivity index (χ1n) is 4.72. The van der Waals surface area contributed by atoms with Crippen molar-refractivity contribution in [3.05, 3.63) is 46.9 Å². The maximum atomic E-state index is 5.84. The van der Waals surface area contributed by atoms with E-state index in [2.05, 4.69) is 16.0 Å². The summed E-state index contributed by atoms with van der Waals surface area (Å²) in [5, 5.41) is 0.495. The zero-order valence-corrected chi connectivity index (χ0v) is 9.42. The van der Waals surface area contributed by atoms with Crippen molar-refractivity contribution in [3.63, 3.8) is 0 Å². The minimum absolute atomic E-state index is 0.495. The molecule has 0 saturated heterocycles. The number of rotatable bonds is 1. The van der Waals surface area contributed by atoms with Gasteiger partial charge < -0.3 is 0 Å². The second kappa shape index (κ2) is 3.99. The Bertz CT molecular complexity index is 495. The molecule has 0 spiro atoms. The lowest BCUT2D eigenvalue weighted by Gasteiger charge is -2.05. The van der Waals surface area contributed by atoms with E-state index in [-0.39, 0.29) is 0 Å². The molecule has 0 fully saturated rings. The van der Waals surface area contributed by atoms with Crippen LogP contribution >= 0.6 is 11.6 Å². The van der Waals surface area contributed by atoms with Crippen LogP contribution in [-0.2, 0) is 0 Å². The van der Waals surface area contributed by atoms with E-state index in [0.717, 1.165) is 22.4 Å². The molecule has 2 nitrogen and oxygen atoms in total. The first-order chi connectivity index (χ1) is 7.16. The van der Waals surface area contributed by atoms with E-state index in [1.54, 1.807) is 6.20 Å². The van der Waals surface area contributed by atoms with Crippen molar-refractivity contribution in [2.24, 2.45) is 0 Å². The summed E-state index contributed by atoms with van der Waals surface area (Å²) in [6.07, 6.45) is 3.55. The van der Waals surface area contributed by atoms with Crippen LogP contribution in [0, 0.1) is 13.8 Å². The molecule has 0 aliphatic rings. The summed E-state index contributed by atoms with van der Waals surface area (Å²) < 4.78 is 0. The highest BCUT2D eigenvalue weighted by Gasteiger charge is 2.04. The molecule has 0 aliphatic heterocycles. The number of halogens is 1. The van der Waals surface area contributed by atoms with Gasteiger partial charge in [-0.3, -0.25) is 4.98 Å². The van der Waals surface area contributed by atoms with Gasteiger partial charge in [-0.25, -0.2) is 4.98 Å². The maximum absolute atomic E-state index is 5.84. The van der Waals surface area contributed by atoms with Crippen LogP contribution in [0.2, 0.25) is 5.15 Å². The molecule has 15 heavy (non-hydrogen) atoms. The Balaban J connectivity index is 2.54. The summed E-state index contributed by atoms with van der Waals surface area (Å²) in [5.41, 5.74) is 4.28. The van der Waals surface area contributed by atoms with Crippen LogP contribution in [0.5, 0.6) is 0 Å². The molecule has 3 heteroatoms. The molecule has 0 amide bonds. The number of hydrogen-bond acceptors (Lipinski definition) is 2. The Morgan fingerprint density at radius 2 is 1.93 bits per heavy atom. The molecule has 0 radical (unpaired) electrons. The number of pyridine rings is 2. The zero-order valence-electron chi connectivity index (χ0n) is 8.66. The standard InChI is InChI=1S/C12H11ClN2/c1-8-5-9(2)12(15-7-8)10-3-4-14-11(13)6-10/h3-7H,1-2H3. The average molecular weight is 219 g/mol. The van der Waals surface area contributed by atoms with Crippen molar-refractivity contribution in [2.75, 3.05) is 0 Å². The summed E-state index contributed by atoms with van der Waals surface area (Å²) in [7, 11) is 0. The van der Waals surface area contributed by atoms with E-state index in [9.17, 15) is 0 Å². The van der Waals surface area contributed by atoms with Crippen LogP contribution in [-0.4, -0.2) is 9.97 Å². The molecular weight excluding hydrogens is 208 g/mol. The fourth-order valence-corrected chi connectivity index (χ4v) is 1.74. The third kappa shape index (κ3) is 2.16. The van der Waals surface area contributed by atoms with Gasteiger partial charge in [-0.1, -0.05) is 17.7 Å². The van der Waals surface area contributed by atoms with E-state index in [1.807, 2.05) is 32.2 Å².